The van der Waals surface area contributed by atoms with Crippen molar-refractivity contribution in [3.05, 3.63) is 44.5 Å². The van der Waals surface area contributed by atoms with Crippen LogP contribution in [0.25, 0.3) is 6.08 Å². The molecule has 2 aliphatic rings. The number of carbonyl (C=O) groups excluding carboxylic acids is 2. The number of aryl methyl sites for hydroxylation is 1. The molecule has 172 valence electrons. The molecule has 1 fully saturated rings. The number of hydrogen-bond acceptors (Lipinski definition) is 10. The number of nitrogens with one attached hydrogen (secondary N) is 1. The fourth-order valence-electron chi connectivity index (χ4n) is 3.81. The van der Waals surface area contributed by atoms with Gasteiger partial charge in [0.05, 0.1) is 17.2 Å². The molecular formula is C20H20N6O5S2. The number of carbonyl (C=O) groups is 3. The van der Waals surface area contributed by atoms with Crippen LogP contribution in [0.2, 0.25) is 0 Å². The van der Waals surface area contributed by atoms with Crippen molar-refractivity contribution in [1.82, 2.24) is 20.2 Å². The number of carboxylic acids is 1. The summed E-state index contributed by atoms with van der Waals surface area (Å²) in [6.45, 7) is 1.92. The summed E-state index contributed by atoms with van der Waals surface area (Å²) in [7, 11) is 1.28. The summed E-state index contributed by atoms with van der Waals surface area (Å²) in [5, 5.41) is 17.9. The summed E-state index contributed by atoms with van der Waals surface area (Å²) in [5.74, 6) is -2.37. The number of fused-ring (bicyclic) bond motifs is 1. The highest BCUT2D eigenvalue weighted by Gasteiger charge is 2.53. The molecule has 11 nitrogen and oxygen atoms in total. The first-order valence-corrected chi connectivity index (χ1v) is 11.6. The van der Waals surface area contributed by atoms with E-state index < -0.39 is 29.9 Å². The Kier molecular flexibility index (Phi) is 6.24. The van der Waals surface area contributed by atoms with Crippen LogP contribution < -0.4 is 11.1 Å². The lowest BCUT2D eigenvalue weighted by atomic mass is 9.83. The number of thiazole rings is 2. The third-order valence-corrected chi connectivity index (χ3v) is 6.80. The number of hydrogen-bond donors (Lipinski definition) is 3. The van der Waals surface area contributed by atoms with E-state index in [2.05, 4.69) is 20.4 Å². The Labute approximate surface area is 196 Å². The van der Waals surface area contributed by atoms with Gasteiger partial charge < -0.3 is 21.0 Å². The molecule has 0 spiro atoms. The van der Waals surface area contributed by atoms with Gasteiger partial charge in [-0.2, -0.15) is 0 Å². The SMILES string of the molecule is CO/N=C(/C(=O)NC1C(=O)N2C(C(=O)O)=C(/C=C\c3ncsc3C)CCC12)c1csc(N)n1. The van der Waals surface area contributed by atoms with E-state index in [0.717, 1.165) is 21.9 Å². The van der Waals surface area contributed by atoms with Gasteiger partial charge in [-0.1, -0.05) is 11.2 Å². The number of anilines is 1. The zero-order valence-electron chi connectivity index (χ0n) is 17.6. The molecule has 0 saturated carbocycles. The zero-order valence-corrected chi connectivity index (χ0v) is 19.3. The minimum absolute atomic E-state index is 0.0797. The van der Waals surface area contributed by atoms with Crippen LogP contribution >= 0.6 is 22.7 Å². The lowest BCUT2D eigenvalue weighted by Gasteiger charge is -2.50. The summed E-state index contributed by atoms with van der Waals surface area (Å²) in [6.07, 6.45) is 4.37. The van der Waals surface area contributed by atoms with Gasteiger partial charge >= 0.3 is 5.97 Å². The minimum Gasteiger partial charge on any atom is -0.477 e. The maximum atomic E-state index is 12.9. The third kappa shape index (κ3) is 4.24. The number of allylic oxidation sites excluding steroid dienone is 2. The largest absolute Gasteiger partial charge is 0.477 e. The number of nitrogen functional groups attached to an aromatic ring is 1. The Hall–Kier alpha value is -3.58. The number of carboxylic acid groups (broad SMARTS) is 1. The van der Waals surface area contributed by atoms with Crippen molar-refractivity contribution in [2.45, 2.75) is 31.8 Å². The van der Waals surface area contributed by atoms with Crippen molar-refractivity contribution in [2.75, 3.05) is 12.8 Å². The maximum Gasteiger partial charge on any atom is 0.352 e. The quantitative estimate of drug-likeness (QED) is 0.299. The summed E-state index contributed by atoms with van der Waals surface area (Å²) in [4.78, 5) is 52.9. The molecule has 0 aliphatic carbocycles. The number of nitrogens with two attached hydrogens (primary N) is 1. The number of amides is 2. The molecule has 0 bridgehead atoms. The number of aliphatic carboxylic acids is 1. The smallest absolute Gasteiger partial charge is 0.352 e. The number of rotatable bonds is 7. The predicted octanol–water partition coefficient (Wildman–Crippen LogP) is 1.38. The first-order chi connectivity index (χ1) is 15.8. The lowest BCUT2D eigenvalue weighted by Crippen LogP contribution is -2.72. The van der Waals surface area contributed by atoms with Gasteiger partial charge in [-0.3, -0.25) is 14.5 Å². The average Bonchev–Trinajstić information content (AvgIpc) is 3.40. The summed E-state index contributed by atoms with van der Waals surface area (Å²) in [6, 6.07) is -1.36. The molecule has 2 unspecified atom stereocenters. The summed E-state index contributed by atoms with van der Waals surface area (Å²) < 4.78 is 0. The minimum atomic E-state index is -1.20. The molecular weight excluding hydrogens is 468 g/mol. The Morgan fingerprint density at radius 1 is 1.39 bits per heavy atom. The van der Waals surface area contributed by atoms with Gasteiger partial charge in [0.25, 0.3) is 11.8 Å². The molecule has 1 saturated heterocycles. The van der Waals surface area contributed by atoms with Crippen LogP contribution in [-0.2, 0) is 19.2 Å². The Morgan fingerprint density at radius 2 is 2.18 bits per heavy atom. The van der Waals surface area contributed by atoms with E-state index in [0.29, 0.717) is 18.4 Å². The highest BCUT2D eigenvalue weighted by Crippen LogP contribution is 2.37. The monoisotopic (exact) mass is 488 g/mol. The number of oxime groups is 1. The van der Waals surface area contributed by atoms with Crippen LogP contribution in [0.4, 0.5) is 5.13 Å². The van der Waals surface area contributed by atoms with Crippen molar-refractivity contribution >= 4 is 57.4 Å². The van der Waals surface area contributed by atoms with Gasteiger partial charge in [-0.25, -0.2) is 14.8 Å². The van der Waals surface area contributed by atoms with E-state index in [1.807, 2.05) is 6.92 Å². The predicted molar refractivity (Wildman–Crippen MR) is 122 cm³/mol. The Morgan fingerprint density at radius 3 is 2.79 bits per heavy atom. The number of aromatic nitrogens is 2. The fourth-order valence-corrected chi connectivity index (χ4v) is 4.92. The molecule has 2 aliphatic heterocycles. The molecule has 4 N–H and O–H groups in total. The van der Waals surface area contributed by atoms with E-state index in [1.54, 1.807) is 23.0 Å². The molecule has 2 aromatic rings. The van der Waals surface area contributed by atoms with E-state index in [4.69, 9.17) is 10.6 Å². The zero-order chi connectivity index (χ0) is 23.7. The molecule has 0 radical (unpaired) electrons. The van der Waals surface area contributed by atoms with Crippen LogP contribution in [0.3, 0.4) is 0 Å². The van der Waals surface area contributed by atoms with E-state index >= 15 is 0 Å². The van der Waals surface area contributed by atoms with Crippen molar-refractivity contribution in [3.8, 4) is 0 Å². The second kappa shape index (κ2) is 9.11. The van der Waals surface area contributed by atoms with Gasteiger partial charge in [0.2, 0.25) is 0 Å². The molecule has 2 amide bonds. The van der Waals surface area contributed by atoms with Gasteiger partial charge in [-0.05, 0) is 31.4 Å². The molecule has 2 atom stereocenters. The first kappa shape index (κ1) is 22.6. The maximum absolute atomic E-state index is 12.9. The van der Waals surface area contributed by atoms with Crippen LogP contribution in [0.1, 0.15) is 29.1 Å². The van der Waals surface area contributed by atoms with Crippen LogP contribution in [-0.4, -0.2) is 62.7 Å². The molecule has 4 heterocycles. The van der Waals surface area contributed by atoms with Gasteiger partial charge in [-0.15, -0.1) is 22.7 Å². The number of β-lactam (4-membered cyclic amide) rings is 1. The summed E-state index contributed by atoms with van der Waals surface area (Å²) >= 11 is 2.63. The van der Waals surface area contributed by atoms with E-state index in [9.17, 15) is 19.5 Å². The highest BCUT2D eigenvalue weighted by atomic mass is 32.1. The molecule has 13 heteroatoms. The number of nitrogens with zero attached hydrogens (tertiary/aromatic N) is 4. The topological polar surface area (TPSA) is 160 Å². The second-order valence-corrected chi connectivity index (χ2v) is 9.21. The van der Waals surface area contributed by atoms with Crippen LogP contribution in [0.5, 0.6) is 0 Å². The Bertz CT molecular complexity index is 1210. The third-order valence-electron chi connectivity index (χ3n) is 5.35. The first-order valence-electron chi connectivity index (χ1n) is 9.83. The van der Waals surface area contributed by atoms with Crippen molar-refractivity contribution in [2.24, 2.45) is 5.16 Å². The lowest BCUT2D eigenvalue weighted by molar-refractivity contribution is -0.155. The standard InChI is InChI=1S/C20H20N6O5S2/c1-9-11(22-8-33-9)5-3-10-4-6-13-15(18(28)26(13)16(10)19(29)30)24-17(27)14(25-31-2)12-7-32-20(21)23-12/h3,5,7-8,13,15H,4,6H2,1-2H3,(H2,21,23)(H,24,27)(H,29,30)/b5-3-,25-14+. The average molecular weight is 489 g/mol. The van der Waals surface area contributed by atoms with E-state index in [-0.39, 0.29) is 22.2 Å². The van der Waals surface area contributed by atoms with Gasteiger partial charge in [0, 0.05) is 10.3 Å². The van der Waals surface area contributed by atoms with Crippen molar-refractivity contribution in [1.29, 1.82) is 0 Å². The van der Waals surface area contributed by atoms with Crippen LogP contribution in [0, 0.1) is 6.92 Å². The molecule has 0 aromatic carbocycles. The van der Waals surface area contributed by atoms with Crippen molar-refractivity contribution in [3.63, 3.8) is 0 Å². The normalized spacial score (nSPS) is 20.6. The Balaban J connectivity index is 1.54. The van der Waals surface area contributed by atoms with Gasteiger partial charge in [0.15, 0.2) is 10.8 Å². The van der Waals surface area contributed by atoms with Gasteiger partial charge in [0.1, 0.15) is 24.5 Å². The fraction of sp³-hybridized carbons (Fsp3) is 0.300. The molecule has 4 rings (SSSR count). The van der Waals surface area contributed by atoms with E-state index in [1.165, 1.54) is 23.3 Å². The summed E-state index contributed by atoms with van der Waals surface area (Å²) in [5.41, 5.74) is 8.65. The second-order valence-electron chi connectivity index (χ2n) is 7.26. The molecule has 2 aromatic heterocycles. The molecule has 33 heavy (non-hydrogen) atoms. The highest BCUT2D eigenvalue weighted by molar-refractivity contribution is 7.13. The van der Waals surface area contributed by atoms with Crippen molar-refractivity contribution < 1.29 is 24.3 Å². The van der Waals surface area contributed by atoms with Crippen LogP contribution in [0.15, 0.2) is 33.4 Å².